The summed E-state index contributed by atoms with van der Waals surface area (Å²) in [5.74, 6) is 0.232. The lowest BCUT2D eigenvalue weighted by atomic mass is 10.0. The zero-order chi connectivity index (χ0) is 24.0. The Kier molecular flexibility index (Phi) is 8.15. The predicted octanol–water partition coefficient (Wildman–Crippen LogP) is 4.88. The van der Waals surface area contributed by atoms with Crippen molar-refractivity contribution in [2.75, 3.05) is 24.5 Å². The molecule has 1 atom stereocenters. The van der Waals surface area contributed by atoms with Gasteiger partial charge >= 0.3 is 0 Å². The van der Waals surface area contributed by atoms with Crippen LogP contribution in [0.3, 0.4) is 0 Å². The molecule has 0 saturated heterocycles. The predicted molar refractivity (Wildman–Crippen MR) is 134 cm³/mol. The van der Waals surface area contributed by atoms with Crippen LogP contribution in [0.15, 0.2) is 82.2 Å². The third-order valence-electron chi connectivity index (χ3n) is 5.29. The lowest BCUT2D eigenvalue weighted by Gasteiger charge is -2.25. The highest BCUT2D eigenvalue weighted by atomic mass is 79.9. The number of anilines is 1. The lowest BCUT2D eigenvalue weighted by molar-refractivity contribution is -0.119. The molecule has 1 unspecified atom stereocenters. The summed E-state index contributed by atoms with van der Waals surface area (Å²) in [4.78, 5) is 12.9. The molecule has 0 bridgehead atoms. The highest BCUT2D eigenvalue weighted by Gasteiger charge is 2.28. The smallest absolute Gasteiger partial charge is 0.264 e. The number of nitrogens with one attached hydrogen (secondary N) is 1. The zero-order valence-electron chi connectivity index (χ0n) is 18.8. The number of halogens is 1. The monoisotopic (exact) mass is 530 g/mol. The van der Waals surface area contributed by atoms with Crippen molar-refractivity contribution in [1.82, 2.24) is 5.32 Å². The molecule has 0 heterocycles. The van der Waals surface area contributed by atoms with Gasteiger partial charge in [0, 0.05) is 6.54 Å². The van der Waals surface area contributed by atoms with E-state index in [1.807, 2.05) is 56.3 Å². The SMILES string of the molecule is COc1ccc(S(=O)(=O)N(CC(=O)NCC(C)c2ccccc2)c2ccc(C)cc2)cc1Br. The Balaban J connectivity index is 1.84. The Labute approximate surface area is 203 Å². The number of amides is 1. The molecule has 0 aliphatic rings. The van der Waals surface area contributed by atoms with Crippen molar-refractivity contribution in [1.29, 1.82) is 0 Å². The minimum atomic E-state index is -4.01. The summed E-state index contributed by atoms with van der Waals surface area (Å²) in [5, 5.41) is 2.87. The van der Waals surface area contributed by atoms with Gasteiger partial charge in [-0.05, 0) is 64.7 Å². The quantitative estimate of drug-likeness (QED) is 0.427. The number of methoxy groups -OCH3 is 1. The van der Waals surface area contributed by atoms with Gasteiger partial charge in [-0.1, -0.05) is 55.0 Å². The molecule has 8 heteroatoms. The number of hydrogen-bond donors (Lipinski definition) is 1. The lowest BCUT2D eigenvalue weighted by Crippen LogP contribution is -2.41. The largest absolute Gasteiger partial charge is 0.496 e. The molecular formula is C25H27BrN2O4S. The molecule has 0 aliphatic carbocycles. The van der Waals surface area contributed by atoms with E-state index in [9.17, 15) is 13.2 Å². The number of aryl methyl sites for hydroxylation is 1. The maximum absolute atomic E-state index is 13.5. The number of nitrogens with zero attached hydrogens (tertiary/aromatic N) is 1. The molecule has 3 aromatic rings. The Bertz CT molecular complexity index is 1200. The van der Waals surface area contributed by atoms with Gasteiger partial charge in [-0.15, -0.1) is 0 Å². The highest BCUT2D eigenvalue weighted by Crippen LogP contribution is 2.30. The molecule has 33 heavy (non-hydrogen) atoms. The highest BCUT2D eigenvalue weighted by molar-refractivity contribution is 9.10. The first-order valence-electron chi connectivity index (χ1n) is 10.5. The van der Waals surface area contributed by atoms with E-state index in [1.54, 1.807) is 18.2 Å². The second kappa shape index (κ2) is 10.9. The molecule has 174 valence electrons. The first kappa shape index (κ1) is 24.8. The average molecular weight is 531 g/mol. The minimum Gasteiger partial charge on any atom is -0.496 e. The fourth-order valence-electron chi connectivity index (χ4n) is 3.31. The van der Waals surface area contributed by atoms with E-state index >= 15 is 0 Å². The van der Waals surface area contributed by atoms with Gasteiger partial charge in [-0.25, -0.2) is 8.42 Å². The van der Waals surface area contributed by atoms with Crippen LogP contribution in [0.25, 0.3) is 0 Å². The van der Waals surface area contributed by atoms with Gasteiger partial charge in [-0.3, -0.25) is 9.10 Å². The molecule has 0 fully saturated rings. The molecule has 0 aliphatic heterocycles. The number of benzene rings is 3. The van der Waals surface area contributed by atoms with E-state index in [2.05, 4.69) is 21.2 Å². The van der Waals surface area contributed by atoms with Crippen molar-refractivity contribution in [3.63, 3.8) is 0 Å². The fraction of sp³-hybridized carbons (Fsp3) is 0.240. The summed E-state index contributed by atoms with van der Waals surface area (Å²) in [5.41, 5.74) is 2.51. The van der Waals surface area contributed by atoms with Crippen molar-refractivity contribution in [2.45, 2.75) is 24.7 Å². The van der Waals surface area contributed by atoms with Gasteiger partial charge in [0.15, 0.2) is 0 Å². The molecule has 0 radical (unpaired) electrons. The molecule has 1 amide bonds. The van der Waals surface area contributed by atoms with E-state index in [0.29, 0.717) is 22.5 Å². The number of sulfonamides is 1. The third kappa shape index (κ3) is 6.15. The van der Waals surface area contributed by atoms with Crippen molar-refractivity contribution < 1.29 is 17.9 Å². The summed E-state index contributed by atoms with van der Waals surface area (Å²) in [6, 6.07) is 21.4. The topological polar surface area (TPSA) is 75.7 Å². The third-order valence-corrected chi connectivity index (χ3v) is 7.68. The summed E-state index contributed by atoms with van der Waals surface area (Å²) >= 11 is 3.34. The Hall–Kier alpha value is -2.84. The fourth-order valence-corrected chi connectivity index (χ4v) is 5.45. The van der Waals surface area contributed by atoms with Gasteiger partial charge < -0.3 is 10.1 Å². The van der Waals surface area contributed by atoms with Crippen molar-refractivity contribution in [3.8, 4) is 5.75 Å². The average Bonchev–Trinajstić information content (AvgIpc) is 2.82. The van der Waals surface area contributed by atoms with Gasteiger partial charge in [0.2, 0.25) is 5.91 Å². The maximum Gasteiger partial charge on any atom is 0.264 e. The van der Waals surface area contributed by atoms with Crippen LogP contribution in [0.2, 0.25) is 0 Å². The van der Waals surface area contributed by atoms with Crippen LogP contribution >= 0.6 is 15.9 Å². The summed E-state index contributed by atoms with van der Waals surface area (Å²) in [6.07, 6.45) is 0. The molecule has 6 nitrogen and oxygen atoms in total. The maximum atomic E-state index is 13.5. The number of hydrogen-bond acceptors (Lipinski definition) is 4. The standard InChI is InChI=1S/C25H27BrN2O4S/c1-18-9-11-21(12-10-18)28(33(30,31)22-13-14-24(32-3)23(26)15-22)17-25(29)27-16-19(2)20-7-5-4-6-8-20/h4-15,19H,16-17H2,1-3H3,(H,27,29). The van der Waals surface area contributed by atoms with E-state index in [4.69, 9.17) is 4.74 Å². The number of carbonyl (C=O) groups excluding carboxylic acids is 1. The van der Waals surface area contributed by atoms with Crippen LogP contribution in [0, 0.1) is 6.92 Å². The molecule has 0 spiro atoms. The molecule has 0 saturated carbocycles. The first-order chi connectivity index (χ1) is 15.7. The van der Waals surface area contributed by atoms with E-state index in [-0.39, 0.29) is 23.3 Å². The number of carbonyl (C=O) groups is 1. The zero-order valence-corrected chi connectivity index (χ0v) is 21.2. The van der Waals surface area contributed by atoms with Crippen molar-refractivity contribution >= 4 is 37.5 Å². The van der Waals surface area contributed by atoms with E-state index in [0.717, 1.165) is 15.4 Å². The van der Waals surface area contributed by atoms with Crippen molar-refractivity contribution in [2.24, 2.45) is 0 Å². The summed E-state index contributed by atoms with van der Waals surface area (Å²) in [6.45, 7) is 4.00. The second-order valence-electron chi connectivity index (χ2n) is 7.76. The Morgan fingerprint density at radius 1 is 1.06 bits per heavy atom. The molecule has 1 N–H and O–H groups in total. The van der Waals surface area contributed by atoms with Gasteiger partial charge in [0.1, 0.15) is 12.3 Å². The Morgan fingerprint density at radius 2 is 1.73 bits per heavy atom. The van der Waals surface area contributed by atoms with Gasteiger partial charge in [-0.2, -0.15) is 0 Å². The van der Waals surface area contributed by atoms with Crippen molar-refractivity contribution in [3.05, 3.63) is 88.4 Å². The van der Waals surface area contributed by atoms with Crippen LogP contribution in [-0.2, 0) is 14.8 Å². The normalized spacial score (nSPS) is 12.1. The molecule has 0 aromatic heterocycles. The number of ether oxygens (including phenoxy) is 1. The summed E-state index contributed by atoms with van der Waals surface area (Å²) < 4.78 is 33.9. The first-order valence-corrected chi connectivity index (χ1v) is 12.7. The van der Waals surface area contributed by atoms with E-state index < -0.39 is 10.0 Å². The van der Waals surface area contributed by atoms with Crippen LogP contribution in [-0.4, -0.2) is 34.5 Å². The van der Waals surface area contributed by atoms with Crippen LogP contribution < -0.4 is 14.4 Å². The Morgan fingerprint density at radius 3 is 2.33 bits per heavy atom. The second-order valence-corrected chi connectivity index (χ2v) is 10.5. The van der Waals surface area contributed by atoms with Gasteiger partial charge in [0.05, 0.1) is 22.2 Å². The van der Waals surface area contributed by atoms with Crippen LogP contribution in [0.5, 0.6) is 5.75 Å². The molecule has 3 aromatic carbocycles. The molecular weight excluding hydrogens is 504 g/mol. The number of rotatable bonds is 9. The minimum absolute atomic E-state index is 0.0567. The molecule has 3 rings (SSSR count). The van der Waals surface area contributed by atoms with Crippen LogP contribution in [0.1, 0.15) is 24.0 Å². The van der Waals surface area contributed by atoms with Gasteiger partial charge in [0.25, 0.3) is 10.0 Å². The van der Waals surface area contributed by atoms with Crippen LogP contribution in [0.4, 0.5) is 5.69 Å². The summed E-state index contributed by atoms with van der Waals surface area (Å²) in [7, 11) is -2.51. The van der Waals surface area contributed by atoms with E-state index in [1.165, 1.54) is 19.2 Å².